The molecule has 0 aliphatic rings. The van der Waals surface area contributed by atoms with Crippen LogP contribution in [0.1, 0.15) is 6.92 Å². The van der Waals surface area contributed by atoms with Crippen LogP contribution >= 0.6 is 0 Å². The fraction of sp³-hybridized carbons (Fsp3) is 0.571. The van der Waals surface area contributed by atoms with Gasteiger partial charge in [-0.25, -0.2) is 0 Å². The molecule has 0 aliphatic carbocycles. The Balaban J connectivity index is 3.36. The maximum atomic E-state index is 10.3. The van der Waals surface area contributed by atoms with Crippen molar-refractivity contribution in [3.8, 4) is 11.8 Å². The standard InChI is InChI=1S/C7H12N2O2/c1-2-3-4-9-5-6(10)7(8)11/h6,9-10H,4-5H2,1H3,(H2,8,11). The first kappa shape index (κ1) is 9.95. The van der Waals surface area contributed by atoms with Gasteiger partial charge in [-0.1, -0.05) is 5.92 Å². The Morgan fingerprint density at radius 2 is 2.45 bits per heavy atom. The molecule has 0 saturated heterocycles. The predicted octanol–water partition coefficient (Wildman–Crippen LogP) is -1.55. The Bertz CT molecular complexity index is 181. The van der Waals surface area contributed by atoms with E-state index in [1.165, 1.54) is 0 Å². The summed E-state index contributed by atoms with van der Waals surface area (Å²) < 4.78 is 0. The van der Waals surface area contributed by atoms with Crippen LogP contribution in [0.2, 0.25) is 0 Å². The van der Waals surface area contributed by atoms with Gasteiger partial charge in [0.25, 0.3) is 0 Å². The molecule has 0 aromatic carbocycles. The number of hydrogen-bond donors (Lipinski definition) is 3. The van der Waals surface area contributed by atoms with Gasteiger partial charge in [-0.05, 0) is 6.92 Å². The molecule has 1 atom stereocenters. The lowest BCUT2D eigenvalue weighted by atomic mass is 10.3. The van der Waals surface area contributed by atoms with Gasteiger partial charge < -0.3 is 16.2 Å². The minimum Gasteiger partial charge on any atom is -0.382 e. The van der Waals surface area contributed by atoms with E-state index in [4.69, 9.17) is 10.8 Å². The number of hydrogen-bond acceptors (Lipinski definition) is 3. The van der Waals surface area contributed by atoms with Gasteiger partial charge in [-0.3, -0.25) is 4.79 Å². The molecule has 0 rings (SSSR count). The van der Waals surface area contributed by atoms with E-state index in [9.17, 15) is 4.79 Å². The van der Waals surface area contributed by atoms with Crippen molar-refractivity contribution in [3.63, 3.8) is 0 Å². The molecule has 0 heterocycles. The Morgan fingerprint density at radius 3 is 2.91 bits per heavy atom. The van der Waals surface area contributed by atoms with Crippen molar-refractivity contribution in [1.82, 2.24) is 5.32 Å². The van der Waals surface area contributed by atoms with Gasteiger partial charge in [0.1, 0.15) is 6.10 Å². The van der Waals surface area contributed by atoms with Crippen molar-refractivity contribution in [2.45, 2.75) is 13.0 Å². The van der Waals surface area contributed by atoms with Crippen molar-refractivity contribution in [2.75, 3.05) is 13.1 Å². The van der Waals surface area contributed by atoms with E-state index in [2.05, 4.69) is 17.2 Å². The highest BCUT2D eigenvalue weighted by atomic mass is 16.3. The van der Waals surface area contributed by atoms with Gasteiger partial charge in [0.15, 0.2) is 0 Å². The van der Waals surface area contributed by atoms with Crippen LogP contribution in [0.25, 0.3) is 0 Å². The van der Waals surface area contributed by atoms with Crippen LogP contribution in [0, 0.1) is 11.8 Å². The molecule has 0 radical (unpaired) electrons. The molecule has 1 amide bonds. The van der Waals surface area contributed by atoms with Crippen molar-refractivity contribution in [1.29, 1.82) is 0 Å². The molecule has 0 saturated carbocycles. The first-order chi connectivity index (χ1) is 5.18. The summed E-state index contributed by atoms with van der Waals surface area (Å²) in [7, 11) is 0. The van der Waals surface area contributed by atoms with Crippen molar-refractivity contribution in [2.24, 2.45) is 5.73 Å². The number of nitrogens with one attached hydrogen (secondary N) is 1. The molecule has 4 nitrogen and oxygen atoms in total. The molecular formula is C7H12N2O2. The summed E-state index contributed by atoms with van der Waals surface area (Å²) in [5.41, 5.74) is 4.79. The molecular weight excluding hydrogens is 144 g/mol. The van der Waals surface area contributed by atoms with E-state index in [-0.39, 0.29) is 6.54 Å². The normalized spacial score (nSPS) is 11.5. The lowest BCUT2D eigenvalue weighted by Gasteiger charge is -2.04. The number of carbonyl (C=O) groups excluding carboxylic acids is 1. The average Bonchev–Trinajstić information content (AvgIpc) is 1.97. The SMILES string of the molecule is CC#CCNCC(O)C(N)=O. The van der Waals surface area contributed by atoms with Crippen LogP contribution in [0.15, 0.2) is 0 Å². The summed E-state index contributed by atoms with van der Waals surface area (Å²) in [6.07, 6.45) is -1.12. The zero-order valence-electron chi connectivity index (χ0n) is 6.42. The number of carbonyl (C=O) groups is 1. The number of aliphatic hydroxyl groups is 1. The third-order valence-corrected chi connectivity index (χ3v) is 1.06. The molecule has 0 aliphatic heterocycles. The maximum Gasteiger partial charge on any atom is 0.247 e. The molecule has 1 unspecified atom stereocenters. The molecule has 4 N–H and O–H groups in total. The van der Waals surface area contributed by atoms with Gasteiger partial charge in [-0.15, -0.1) is 5.92 Å². The number of amides is 1. The summed E-state index contributed by atoms with van der Waals surface area (Å²) in [5, 5.41) is 11.6. The second-order valence-electron chi connectivity index (χ2n) is 1.98. The highest BCUT2D eigenvalue weighted by molar-refractivity contribution is 5.78. The first-order valence-corrected chi connectivity index (χ1v) is 3.26. The Hall–Kier alpha value is -1.05. The smallest absolute Gasteiger partial charge is 0.247 e. The summed E-state index contributed by atoms with van der Waals surface area (Å²) >= 11 is 0. The monoisotopic (exact) mass is 156 g/mol. The van der Waals surface area contributed by atoms with Gasteiger partial charge in [0.05, 0.1) is 6.54 Å². The van der Waals surface area contributed by atoms with Crippen molar-refractivity contribution >= 4 is 5.91 Å². The summed E-state index contributed by atoms with van der Waals surface area (Å²) in [5.74, 6) is 4.66. The van der Waals surface area contributed by atoms with Crippen LogP contribution in [-0.4, -0.2) is 30.2 Å². The number of primary amides is 1. The topological polar surface area (TPSA) is 75.3 Å². The van der Waals surface area contributed by atoms with E-state index in [1.807, 2.05) is 0 Å². The van der Waals surface area contributed by atoms with E-state index >= 15 is 0 Å². The number of aliphatic hydroxyl groups excluding tert-OH is 1. The van der Waals surface area contributed by atoms with Crippen LogP contribution in [-0.2, 0) is 4.79 Å². The highest BCUT2D eigenvalue weighted by Gasteiger charge is 2.08. The van der Waals surface area contributed by atoms with E-state index < -0.39 is 12.0 Å². The molecule has 0 aromatic rings. The third kappa shape index (κ3) is 5.40. The second kappa shape index (κ2) is 5.71. The van der Waals surface area contributed by atoms with Gasteiger partial charge in [0, 0.05) is 6.54 Å². The Kier molecular flexibility index (Phi) is 5.17. The first-order valence-electron chi connectivity index (χ1n) is 3.26. The van der Waals surface area contributed by atoms with Crippen molar-refractivity contribution in [3.05, 3.63) is 0 Å². The predicted molar refractivity (Wildman–Crippen MR) is 41.5 cm³/mol. The van der Waals surface area contributed by atoms with Crippen LogP contribution < -0.4 is 11.1 Å². The molecule has 0 fully saturated rings. The van der Waals surface area contributed by atoms with Crippen molar-refractivity contribution < 1.29 is 9.90 Å². The zero-order chi connectivity index (χ0) is 8.69. The molecule has 0 bridgehead atoms. The Labute approximate surface area is 65.8 Å². The fourth-order valence-corrected chi connectivity index (χ4v) is 0.460. The minimum absolute atomic E-state index is 0.157. The highest BCUT2D eigenvalue weighted by Crippen LogP contribution is 1.75. The third-order valence-electron chi connectivity index (χ3n) is 1.06. The summed E-state index contributed by atoms with van der Waals surface area (Å²) in [6, 6.07) is 0. The molecule has 0 aromatic heterocycles. The zero-order valence-corrected chi connectivity index (χ0v) is 6.42. The van der Waals surface area contributed by atoms with Gasteiger partial charge in [0.2, 0.25) is 5.91 Å². The second-order valence-corrected chi connectivity index (χ2v) is 1.98. The Morgan fingerprint density at radius 1 is 1.82 bits per heavy atom. The fourth-order valence-electron chi connectivity index (χ4n) is 0.460. The van der Waals surface area contributed by atoms with Gasteiger partial charge >= 0.3 is 0 Å². The van der Waals surface area contributed by atoms with Crippen LogP contribution in [0.3, 0.4) is 0 Å². The molecule has 11 heavy (non-hydrogen) atoms. The lowest BCUT2D eigenvalue weighted by Crippen LogP contribution is -2.37. The van der Waals surface area contributed by atoms with Gasteiger partial charge in [-0.2, -0.15) is 0 Å². The minimum atomic E-state index is -1.12. The quantitative estimate of drug-likeness (QED) is 0.340. The number of rotatable bonds is 4. The molecule has 62 valence electrons. The van der Waals surface area contributed by atoms with E-state index in [0.717, 1.165) is 0 Å². The van der Waals surface area contributed by atoms with Crippen LogP contribution in [0.4, 0.5) is 0 Å². The number of nitrogens with two attached hydrogens (primary N) is 1. The average molecular weight is 156 g/mol. The summed E-state index contributed by atoms with van der Waals surface area (Å²) in [4.78, 5) is 10.3. The molecule has 0 spiro atoms. The molecule has 4 heteroatoms. The van der Waals surface area contributed by atoms with E-state index in [1.54, 1.807) is 6.92 Å². The maximum absolute atomic E-state index is 10.3. The summed E-state index contributed by atoms with van der Waals surface area (Å²) in [6.45, 7) is 2.33. The van der Waals surface area contributed by atoms with Crippen LogP contribution in [0.5, 0.6) is 0 Å². The largest absolute Gasteiger partial charge is 0.382 e. The lowest BCUT2D eigenvalue weighted by molar-refractivity contribution is -0.125. The van der Waals surface area contributed by atoms with E-state index in [0.29, 0.717) is 6.54 Å².